The Bertz CT molecular complexity index is 1070. The molecule has 1 heterocycles. The fourth-order valence-corrected chi connectivity index (χ4v) is 4.58. The molecule has 0 radical (unpaired) electrons. The molecule has 3 aromatic rings. The molecule has 5 nitrogen and oxygen atoms in total. The molecule has 0 unspecified atom stereocenters. The Kier molecular flexibility index (Phi) is 8.21. The lowest BCUT2D eigenvalue weighted by molar-refractivity contribution is 0.0950. The maximum atomic E-state index is 12.5. The number of unbranched alkanes of at least 4 members (excludes halogenated alkanes) is 1. The third kappa shape index (κ3) is 5.97. The Labute approximate surface area is 202 Å². The Balaban J connectivity index is 1.22. The van der Waals surface area contributed by atoms with Gasteiger partial charge in [-0.05, 0) is 73.7 Å². The summed E-state index contributed by atoms with van der Waals surface area (Å²) in [6.07, 6.45) is 3.91. The molecule has 2 N–H and O–H groups in total. The van der Waals surface area contributed by atoms with Crippen molar-refractivity contribution in [2.45, 2.75) is 38.6 Å². The fourth-order valence-electron chi connectivity index (χ4n) is 4.58. The van der Waals surface area contributed by atoms with Crippen molar-refractivity contribution in [3.63, 3.8) is 0 Å². The zero-order chi connectivity index (χ0) is 23.8. The standard InChI is InChI=1S/C29H34N2O3/c1-2-18-31(26-20-25-11-8-12-27(32)28(25)34-21-26)19-7-6-17-30-29(33)24-15-13-23(14-16-24)22-9-4-3-5-10-22/h3-5,8-16,26,32H,2,6-7,17-21H2,1H3,(H,30,33)/t26-/m1/s1. The van der Waals surface area contributed by atoms with Crippen molar-refractivity contribution in [3.05, 3.63) is 83.9 Å². The predicted molar refractivity (Wildman–Crippen MR) is 136 cm³/mol. The van der Waals surface area contributed by atoms with Gasteiger partial charge in [0.25, 0.3) is 5.91 Å². The van der Waals surface area contributed by atoms with Gasteiger partial charge in [0, 0.05) is 18.2 Å². The molecule has 0 saturated heterocycles. The van der Waals surface area contributed by atoms with Crippen molar-refractivity contribution in [1.82, 2.24) is 10.2 Å². The van der Waals surface area contributed by atoms with Crippen molar-refractivity contribution in [2.24, 2.45) is 0 Å². The summed E-state index contributed by atoms with van der Waals surface area (Å²) in [7, 11) is 0. The maximum Gasteiger partial charge on any atom is 0.251 e. The summed E-state index contributed by atoms with van der Waals surface area (Å²) >= 11 is 0. The quantitative estimate of drug-likeness (QED) is 0.406. The van der Waals surface area contributed by atoms with E-state index < -0.39 is 0 Å². The number of amides is 1. The molecule has 34 heavy (non-hydrogen) atoms. The number of ether oxygens (including phenoxy) is 1. The van der Waals surface area contributed by atoms with E-state index in [0.29, 0.717) is 30.5 Å². The van der Waals surface area contributed by atoms with E-state index in [1.165, 1.54) is 0 Å². The third-order valence-electron chi connectivity index (χ3n) is 6.39. The van der Waals surface area contributed by atoms with Crippen molar-refractivity contribution in [1.29, 1.82) is 0 Å². The van der Waals surface area contributed by atoms with Crippen LogP contribution in [-0.2, 0) is 6.42 Å². The molecule has 5 heteroatoms. The van der Waals surface area contributed by atoms with Crippen LogP contribution in [-0.4, -0.2) is 48.2 Å². The zero-order valence-corrected chi connectivity index (χ0v) is 19.9. The van der Waals surface area contributed by atoms with Crippen molar-refractivity contribution < 1.29 is 14.6 Å². The van der Waals surface area contributed by atoms with Gasteiger partial charge in [0.1, 0.15) is 6.61 Å². The predicted octanol–water partition coefficient (Wildman–Crippen LogP) is 5.28. The van der Waals surface area contributed by atoms with Gasteiger partial charge in [0.15, 0.2) is 11.5 Å². The van der Waals surface area contributed by atoms with Crippen LogP contribution in [0, 0.1) is 0 Å². The fraction of sp³-hybridized carbons (Fsp3) is 0.345. The highest BCUT2D eigenvalue weighted by atomic mass is 16.5. The highest BCUT2D eigenvalue weighted by Crippen LogP contribution is 2.34. The molecule has 1 aliphatic heterocycles. The first-order chi connectivity index (χ1) is 16.7. The lowest BCUT2D eigenvalue weighted by Gasteiger charge is -2.35. The van der Waals surface area contributed by atoms with E-state index in [9.17, 15) is 9.90 Å². The van der Waals surface area contributed by atoms with Crippen molar-refractivity contribution >= 4 is 5.91 Å². The summed E-state index contributed by atoms with van der Waals surface area (Å²) in [5.74, 6) is 0.834. The van der Waals surface area contributed by atoms with Crippen LogP contribution >= 0.6 is 0 Å². The van der Waals surface area contributed by atoms with Gasteiger partial charge in [-0.1, -0.05) is 61.5 Å². The first kappa shape index (κ1) is 23.8. The molecule has 1 amide bonds. The molecule has 0 aliphatic carbocycles. The van der Waals surface area contributed by atoms with E-state index in [1.807, 2.05) is 54.6 Å². The Morgan fingerprint density at radius 2 is 1.74 bits per heavy atom. The number of aromatic hydroxyl groups is 1. The van der Waals surface area contributed by atoms with Gasteiger partial charge in [0.2, 0.25) is 0 Å². The highest BCUT2D eigenvalue weighted by Gasteiger charge is 2.26. The monoisotopic (exact) mass is 458 g/mol. The summed E-state index contributed by atoms with van der Waals surface area (Å²) in [4.78, 5) is 15.0. The number of phenols is 1. The lowest BCUT2D eigenvalue weighted by atomic mass is 10.0. The van der Waals surface area contributed by atoms with E-state index in [-0.39, 0.29) is 11.7 Å². The molecule has 0 fully saturated rings. The highest BCUT2D eigenvalue weighted by molar-refractivity contribution is 5.94. The molecular weight excluding hydrogens is 424 g/mol. The molecular formula is C29H34N2O3. The molecule has 1 aliphatic rings. The van der Waals surface area contributed by atoms with Crippen LogP contribution in [0.15, 0.2) is 72.8 Å². The van der Waals surface area contributed by atoms with Gasteiger partial charge in [-0.15, -0.1) is 0 Å². The van der Waals surface area contributed by atoms with Crippen LogP contribution in [0.5, 0.6) is 11.5 Å². The molecule has 4 rings (SSSR count). The topological polar surface area (TPSA) is 61.8 Å². The van der Waals surface area contributed by atoms with Crippen LogP contribution in [0.3, 0.4) is 0 Å². The number of nitrogens with one attached hydrogen (secondary N) is 1. The first-order valence-electron chi connectivity index (χ1n) is 12.3. The number of fused-ring (bicyclic) bond motifs is 1. The van der Waals surface area contributed by atoms with Gasteiger partial charge in [0.05, 0.1) is 0 Å². The Hall–Kier alpha value is -3.31. The molecule has 0 spiro atoms. The number of para-hydroxylation sites is 1. The van der Waals surface area contributed by atoms with Gasteiger partial charge in [-0.2, -0.15) is 0 Å². The minimum Gasteiger partial charge on any atom is -0.504 e. The summed E-state index contributed by atoms with van der Waals surface area (Å²) in [5, 5.41) is 13.1. The Morgan fingerprint density at radius 3 is 2.50 bits per heavy atom. The van der Waals surface area contributed by atoms with Gasteiger partial charge >= 0.3 is 0 Å². The van der Waals surface area contributed by atoms with Crippen LogP contribution in [0.2, 0.25) is 0 Å². The summed E-state index contributed by atoms with van der Waals surface area (Å²) in [6.45, 7) is 5.44. The second-order valence-electron chi connectivity index (χ2n) is 8.88. The number of nitrogens with zero attached hydrogens (tertiary/aromatic N) is 1. The van der Waals surface area contributed by atoms with Gasteiger partial charge < -0.3 is 15.2 Å². The number of carbonyl (C=O) groups excluding carboxylic acids is 1. The number of hydrogen-bond acceptors (Lipinski definition) is 4. The SMILES string of the molecule is CCCN(CCCCNC(=O)c1ccc(-c2ccccc2)cc1)[C@H]1COc2c(O)cccc2C1. The smallest absolute Gasteiger partial charge is 0.251 e. The van der Waals surface area contributed by atoms with Crippen LogP contribution in [0.25, 0.3) is 11.1 Å². The molecule has 178 valence electrons. The van der Waals surface area contributed by atoms with E-state index >= 15 is 0 Å². The lowest BCUT2D eigenvalue weighted by Crippen LogP contribution is -2.44. The summed E-state index contributed by atoms with van der Waals surface area (Å²) < 4.78 is 5.89. The summed E-state index contributed by atoms with van der Waals surface area (Å²) in [6, 6.07) is 23.8. The number of hydrogen-bond donors (Lipinski definition) is 2. The van der Waals surface area contributed by atoms with Gasteiger partial charge in [-0.3, -0.25) is 9.69 Å². The zero-order valence-electron chi connectivity index (χ0n) is 19.9. The van der Waals surface area contributed by atoms with E-state index in [0.717, 1.165) is 55.5 Å². The van der Waals surface area contributed by atoms with Crippen LogP contribution in [0.4, 0.5) is 0 Å². The average molecular weight is 459 g/mol. The summed E-state index contributed by atoms with van der Waals surface area (Å²) in [5.41, 5.74) is 4.02. The van der Waals surface area contributed by atoms with E-state index in [1.54, 1.807) is 6.07 Å². The maximum absolute atomic E-state index is 12.5. The minimum atomic E-state index is -0.0258. The first-order valence-corrected chi connectivity index (χ1v) is 12.3. The van der Waals surface area contributed by atoms with Crippen LogP contribution < -0.4 is 10.1 Å². The molecule has 1 atom stereocenters. The number of phenolic OH excluding ortho intramolecular Hbond substituents is 1. The second-order valence-corrected chi connectivity index (χ2v) is 8.88. The third-order valence-corrected chi connectivity index (χ3v) is 6.39. The van der Waals surface area contributed by atoms with Crippen molar-refractivity contribution in [3.8, 4) is 22.6 Å². The molecule has 0 saturated carbocycles. The van der Waals surface area contributed by atoms with E-state index in [2.05, 4.69) is 29.3 Å². The average Bonchev–Trinajstić information content (AvgIpc) is 2.88. The van der Waals surface area contributed by atoms with Crippen molar-refractivity contribution in [2.75, 3.05) is 26.2 Å². The van der Waals surface area contributed by atoms with E-state index in [4.69, 9.17) is 4.74 Å². The molecule has 3 aromatic carbocycles. The number of carbonyl (C=O) groups is 1. The normalized spacial score (nSPS) is 14.9. The Morgan fingerprint density at radius 1 is 0.971 bits per heavy atom. The minimum absolute atomic E-state index is 0.0258. The van der Waals surface area contributed by atoms with Crippen LogP contribution in [0.1, 0.15) is 42.1 Å². The number of rotatable bonds is 10. The second kappa shape index (κ2) is 11.7. The largest absolute Gasteiger partial charge is 0.504 e. The van der Waals surface area contributed by atoms with Gasteiger partial charge in [-0.25, -0.2) is 0 Å². The molecule has 0 bridgehead atoms. The number of benzene rings is 3. The molecule has 0 aromatic heterocycles.